The lowest BCUT2D eigenvalue weighted by Gasteiger charge is -1.96. The first-order valence-corrected chi connectivity index (χ1v) is 27.9. The third kappa shape index (κ3) is 158. The molecule has 0 aromatic carbocycles. The van der Waals surface area contributed by atoms with E-state index in [1.807, 2.05) is 0 Å². The van der Waals surface area contributed by atoms with Crippen LogP contribution in [0.25, 0.3) is 0 Å². The zero-order chi connectivity index (χ0) is 66.2. The highest BCUT2D eigenvalue weighted by molar-refractivity contribution is 5.67. The minimum Gasteiger partial charge on any atom is -0.481 e. The number of aliphatic hydroxyl groups is 21. The van der Waals surface area contributed by atoms with Gasteiger partial charge in [-0.05, 0) is 25.7 Å². The summed E-state index contributed by atoms with van der Waals surface area (Å²) in [6, 6.07) is 0. The number of carboxylic acid groups (broad SMARTS) is 4. The van der Waals surface area contributed by atoms with Crippen LogP contribution in [-0.4, -0.2) is 287 Å². The lowest BCUT2D eigenvalue weighted by molar-refractivity contribution is -0.138. The molecule has 0 aliphatic rings. The van der Waals surface area contributed by atoms with Crippen molar-refractivity contribution in [2.24, 2.45) is 0 Å². The average molecular weight is 1220 g/mol. The van der Waals surface area contributed by atoms with Gasteiger partial charge < -0.3 is 128 Å². The van der Waals surface area contributed by atoms with Crippen LogP contribution < -0.4 is 0 Å². The van der Waals surface area contributed by atoms with E-state index >= 15 is 0 Å². The molecule has 0 amide bonds. The second-order valence-corrected chi connectivity index (χ2v) is 17.4. The van der Waals surface area contributed by atoms with E-state index in [9.17, 15) is 19.2 Å². The maximum absolute atomic E-state index is 10.0. The Morgan fingerprint density at radius 1 is 0.207 bits per heavy atom. The van der Waals surface area contributed by atoms with E-state index in [2.05, 4.69) is 27.7 Å². The third-order valence-corrected chi connectivity index (χ3v) is 8.93. The number of hydrogen-bond donors (Lipinski definition) is 25. The van der Waals surface area contributed by atoms with Crippen molar-refractivity contribution >= 4 is 23.9 Å². The molecule has 0 saturated heterocycles. The molecule has 0 fully saturated rings. The first-order chi connectivity index (χ1) is 38.7. The lowest BCUT2D eigenvalue weighted by atomic mass is 10.1. The van der Waals surface area contributed by atoms with Crippen molar-refractivity contribution in [2.45, 2.75) is 225 Å². The molecule has 0 atom stereocenters. The van der Waals surface area contributed by atoms with Gasteiger partial charge in [0, 0.05) is 25.7 Å². The maximum Gasteiger partial charge on any atom is 0.303 e. The number of aliphatic carboxylic acids is 4. The molecule has 506 valence electrons. The Bertz CT molecular complexity index is 897. The molecule has 29 nitrogen and oxygen atoms in total. The molecule has 0 unspecified atom stereocenters. The molecule has 0 spiro atoms. The average Bonchev–Trinajstić information content (AvgIpc) is 3.48. The number of rotatable bonds is 38. The Morgan fingerprint density at radius 2 is 0.305 bits per heavy atom. The Hall–Kier alpha value is -2.96. The molecule has 0 aromatic rings. The Labute approximate surface area is 486 Å². The summed E-state index contributed by atoms with van der Waals surface area (Å²) >= 11 is 0. The largest absolute Gasteiger partial charge is 0.481 e. The molecule has 0 saturated carbocycles. The minimum atomic E-state index is -0.954. The van der Waals surface area contributed by atoms with Gasteiger partial charge in [-0.2, -0.15) is 0 Å². The summed E-state index contributed by atoms with van der Waals surface area (Å²) in [6.45, 7) is 3.50. The molecule has 25 N–H and O–H groups in total. The molecule has 0 aliphatic heterocycles. The minimum absolute atomic E-state index is 0.337. The highest BCUT2D eigenvalue weighted by Crippen LogP contribution is 2.06. The van der Waals surface area contributed by atoms with E-state index in [0.717, 1.165) is 51.4 Å². The summed E-state index contributed by atoms with van der Waals surface area (Å²) < 4.78 is 0. The van der Waals surface area contributed by atoms with Crippen LogP contribution in [0.2, 0.25) is 0 Å². The molecule has 0 aliphatic carbocycles. The third-order valence-electron chi connectivity index (χ3n) is 8.93. The summed E-state index contributed by atoms with van der Waals surface area (Å²) in [7, 11) is 0. The summed E-state index contributed by atoms with van der Waals surface area (Å²) in [5.41, 5.74) is 0. The molecule has 82 heavy (non-hydrogen) atoms. The van der Waals surface area contributed by atoms with Crippen molar-refractivity contribution in [3.63, 3.8) is 0 Å². The van der Waals surface area contributed by atoms with Crippen LogP contribution in [0.3, 0.4) is 0 Å². The molecule has 0 radical (unpaired) electrons. The fourth-order valence-corrected chi connectivity index (χ4v) is 3.92. The molecular formula is C53H120O29. The lowest BCUT2D eigenvalue weighted by Crippen LogP contribution is -2.15. The predicted octanol–water partition coefficient (Wildman–Crippen LogP) is -1.95. The van der Waals surface area contributed by atoms with Crippen molar-refractivity contribution in [2.75, 3.05) is 92.5 Å². The van der Waals surface area contributed by atoms with E-state index in [1.165, 1.54) is 77.0 Å². The molecule has 0 aromatic heterocycles. The van der Waals surface area contributed by atoms with Crippen molar-refractivity contribution in [3.8, 4) is 0 Å². The summed E-state index contributed by atoms with van der Waals surface area (Å²) in [5.74, 6) is -2.68. The number of unbranched alkanes of at least 4 members (excludes halogenated alkanes) is 16. The Balaban J connectivity index is -0.0000000758. The van der Waals surface area contributed by atoms with Gasteiger partial charge in [0.2, 0.25) is 0 Å². The first-order valence-electron chi connectivity index (χ1n) is 27.9. The zero-order valence-electron chi connectivity index (χ0n) is 49.7. The summed E-state index contributed by atoms with van der Waals surface area (Å²) in [6.07, 6.45) is 16.9. The van der Waals surface area contributed by atoms with E-state index in [0.29, 0.717) is 25.7 Å². The van der Waals surface area contributed by atoms with Crippen LogP contribution in [0.4, 0.5) is 0 Å². The molecular weight excluding hydrogens is 1100 g/mol. The van der Waals surface area contributed by atoms with Crippen molar-refractivity contribution in [1.29, 1.82) is 0 Å². The van der Waals surface area contributed by atoms with Crippen LogP contribution in [0.1, 0.15) is 182 Å². The van der Waals surface area contributed by atoms with E-state index in [4.69, 9.17) is 128 Å². The van der Waals surface area contributed by atoms with Crippen LogP contribution in [0.15, 0.2) is 0 Å². The zero-order valence-corrected chi connectivity index (χ0v) is 49.7. The molecule has 29 heteroatoms. The van der Waals surface area contributed by atoms with Crippen LogP contribution >= 0.6 is 0 Å². The van der Waals surface area contributed by atoms with Crippen molar-refractivity contribution in [3.05, 3.63) is 0 Å². The quantitative estimate of drug-likeness (QED) is 0.0299. The fraction of sp³-hybridized carbons (Fsp3) is 0.925. The van der Waals surface area contributed by atoms with Crippen molar-refractivity contribution in [1.82, 2.24) is 0 Å². The van der Waals surface area contributed by atoms with Gasteiger partial charge in [0.25, 0.3) is 0 Å². The van der Waals surface area contributed by atoms with Gasteiger partial charge in [-0.15, -0.1) is 0 Å². The number of hydrogen-bond acceptors (Lipinski definition) is 25. The number of carboxylic acids is 4. The summed E-state index contributed by atoms with van der Waals surface area (Å²) in [5, 5.41) is 201. The SMILES string of the molecule is CCCCCCCC(=O)O.CCCCCCCC(=O)O.CCCCCCCC(=O)O.CCCCCCCC(=O)O.OCC(O)CO.OCC(O)CO.OCC(O)CO.OCC(O)CO.OCC(O)CO.OCC(O)CO.OCC(O)CO. The second-order valence-electron chi connectivity index (χ2n) is 17.4. The van der Waals surface area contributed by atoms with Gasteiger partial charge in [-0.1, -0.05) is 130 Å². The predicted molar refractivity (Wildman–Crippen MR) is 305 cm³/mol. The van der Waals surface area contributed by atoms with Gasteiger partial charge >= 0.3 is 23.9 Å². The highest BCUT2D eigenvalue weighted by atomic mass is 16.4. The topological polar surface area (TPSA) is 574 Å². The Morgan fingerprint density at radius 3 is 0.366 bits per heavy atom. The van der Waals surface area contributed by atoms with Gasteiger partial charge in [0.15, 0.2) is 0 Å². The fourth-order valence-electron chi connectivity index (χ4n) is 3.92. The number of aliphatic hydroxyl groups excluding tert-OH is 21. The molecule has 0 rings (SSSR count). The highest BCUT2D eigenvalue weighted by Gasteiger charge is 2.00. The Kier molecular flexibility index (Phi) is 127. The van der Waals surface area contributed by atoms with Crippen LogP contribution in [0, 0.1) is 0 Å². The van der Waals surface area contributed by atoms with Gasteiger partial charge in [-0.3, -0.25) is 19.2 Å². The maximum atomic E-state index is 10.0. The first kappa shape index (κ1) is 104. The van der Waals surface area contributed by atoms with Crippen LogP contribution in [-0.2, 0) is 19.2 Å². The van der Waals surface area contributed by atoms with E-state index in [-0.39, 0.29) is 92.5 Å². The van der Waals surface area contributed by atoms with Gasteiger partial charge in [0.1, 0.15) is 42.7 Å². The summed E-state index contributed by atoms with van der Waals surface area (Å²) in [4.78, 5) is 40.1. The van der Waals surface area contributed by atoms with E-state index in [1.54, 1.807) is 0 Å². The van der Waals surface area contributed by atoms with Gasteiger partial charge in [-0.25, -0.2) is 0 Å². The van der Waals surface area contributed by atoms with E-state index < -0.39 is 66.6 Å². The normalized spacial score (nSPS) is 9.85. The molecule has 0 bridgehead atoms. The standard InChI is InChI=1S/4C8H16O2.7C3H8O3/c4*1-2-3-4-5-6-7-8(9)10;7*4-1-3(6)2-5/h4*2-7H2,1H3,(H,9,10);7*3-6H,1-2H2. The molecule has 0 heterocycles. The van der Waals surface area contributed by atoms with Crippen LogP contribution in [0.5, 0.6) is 0 Å². The monoisotopic (exact) mass is 1220 g/mol. The van der Waals surface area contributed by atoms with Gasteiger partial charge in [0.05, 0.1) is 92.5 Å². The smallest absolute Gasteiger partial charge is 0.303 e. The second kappa shape index (κ2) is 100. The van der Waals surface area contributed by atoms with Crippen molar-refractivity contribution < 1.29 is 147 Å². The number of carbonyl (C=O) groups is 4.